The molecule has 18 heavy (non-hydrogen) atoms. The molecule has 1 amide bonds. The zero-order valence-corrected chi connectivity index (χ0v) is 8.75. The summed E-state index contributed by atoms with van der Waals surface area (Å²) in [5.41, 5.74) is 0. The van der Waals surface area contributed by atoms with Crippen LogP contribution in [0, 0.1) is 5.92 Å². The Hall–Kier alpha value is -1.41. The second kappa shape index (κ2) is 3.55. The standard InChI is InChI=1S/C9H8F5NO3/c10-8(11)3-1-2-4(6(16)17)15(5(3)8)7(18)9(12,13)14/h3-5H,1-2H2,(H,16,17)/t3-,4-,5+/m0/s1. The van der Waals surface area contributed by atoms with Crippen molar-refractivity contribution in [2.24, 2.45) is 5.92 Å². The van der Waals surface area contributed by atoms with Crippen LogP contribution in [0.2, 0.25) is 0 Å². The molecule has 0 unspecified atom stereocenters. The lowest BCUT2D eigenvalue weighted by Gasteiger charge is -2.32. The monoisotopic (exact) mass is 273 g/mol. The molecule has 102 valence electrons. The lowest BCUT2D eigenvalue weighted by Crippen LogP contribution is -2.54. The SMILES string of the molecule is O=C(O)[C@@H]1CC[C@H]2[C@@H](N1C(=O)C(F)(F)F)C2(F)F. The molecule has 0 aromatic carbocycles. The van der Waals surface area contributed by atoms with E-state index in [9.17, 15) is 31.5 Å². The molecule has 4 nitrogen and oxygen atoms in total. The minimum Gasteiger partial charge on any atom is -0.480 e. The first kappa shape index (κ1) is 13.0. The number of likely N-dealkylation sites (tertiary alicyclic amines) is 1. The minimum absolute atomic E-state index is 0.198. The van der Waals surface area contributed by atoms with E-state index in [2.05, 4.69) is 0 Å². The molecule has 1 heterocycles. The molecule has 0 aromatic heterocycles. The summed E-state index contributed by atoms with van der Waals surface area (Å²) in [4.78, 5) is 21.6. The molecule has 2 rings (SSSR count). The Kier molecular flexibility index (Phi) is 2.57. The topological polar surface area (TPSA) is 57.6 Å². The fraction of sp³-hybridized carbons (Fsp3) is 0.778. The highest BCUT2D eigenvalue weighted by molar-refractivity contribution is 5.88. The summed E-state index contributed by atoms with van der Waals surface area (Å²) in [6.45, 7) is 0. The molecule has 0 spiro atoms. The van der Waals surface area contributed by atoms with Gasteiger partial charge in [-0.25, -0.2) is 13.6 Å². The van der Waals surface area contributed by atoms with E-state index in [0.29, 0.717) is 0 Å². The van der Waals surface area contributed by atoms with Crippen LogP contribution in [0.1, 0.15) is 12.8 Å². The Bertz CT molecular complexity index is 407. The van der Waals surface area contributed by atoms with Gasteiger partial charge in [0, 0.05) is 0 Å². The second-order valence-electron chi connectivity index (χ2n) is 4.37. The molecule has 3 atom stereocenters. The van der Waals surface area contributed by atoms with E-state index in [-0.39, 0.29) is 11.3 Å². The molecular formula is C9H8F5NO3. The number of fused-ring (bicyclic) bond motifs is 1. The Balaban J connectivity index is 2.32. The van der Waals surface area contributed by atoms with Crippen molar-refractivity contribution in [2.45, 2.75) is 37.0 Å². The van der Waals surface area contributed by atoms with E-state index in [4.69, 9.17) is 5.11 Å². The van der Waals surface area contributed by atoms with E-state index in [0.717, 1.165) is 0 Å². The molecule has 2 aliphatic rings. The van der Waals surface area contributed by atoms with Gasteiger partial charge in [-0.15, -0.1) is 0 Å². The van der Waals surface area contributed by atoms with Gasteiger partial charge in [-0.2, -0.15) is 13.2 Å². The van der Waals surface area contributed by atoms with Gasteiger partial charge in [-0.1, -0.05) is 0 Å². The van der Waals surface area contributed by atoms with E-state index >= 15 is 0 Å². The van der Waals surface area contributed by atoms with E-state index in [1.807, 2.05) is 0 Å². The molecule has 1 saturated heterocycles. The van der Waals surface area contributed by atoms with Gasteiger partial charge in [0.05, 0.1) is 5.92 Å². The zero-order valence-electron chi connectivity index (χ0n) is 8.75. The van der Waals surface area contributed by atoms with Crippen LogP contribution in [-0.2, 0) is 9.59 Å². The predicted octanol–water partition coefficient (Wildman–Crippen LogP) is 1.26. The van der Waals surface area contributed by atoms with Crippen molar-refractivity contribution in [1.82, 2.24) is 4.90 Å². The Labute approximate surface area is 97.4 Å². The van der Waals surface area contributed by atoms with Crippen molar-refractivity contribution in [1.29, 1.82) is 0 Å². The molecular weight excluding hydrogens is 265 g/mol. The molecule has 0 radical (unpaired) electrons. The zero-order chi connectivity index (χ0) is 13.9. The number of aliphatic carboxylic acids is 1. The number of amides is 1. The summed E-state index contributed by atoms with van der Waals surface area (Å²) >= 11 is 0. The van der Waals surface area contributed by atoms with Gasteiger partial charge in [0.25, 0.3) is 5.92 Å². The highest BCUT2D eigenvalue weighted by Crippen LogP contribution is 2.58. The predicted molar refractivity (Wildman–Crippen MR) is 45.8 cm³/mol. The molecule has 1 N–H and O–H groups in total. The van der Waals surface area contributed by atoms with Crippen LogP contribution in [0.15, 0.2) is 0 Å². The van der Waals surface area contributed by atoms with Gasteiger partial charge >= 0.3 is 18.1 Å². The van der Waals surface area contributed by atoms with Crippen molar-refractivity contribution in [3.8, 4) is 0 Å². The Morgan fingerprint density at radius 3 is 2.22 bits per heavy atom. The summed E-state index contributed by atoms with van der Waals surface area (Å²) in [6.07, 6.45) is -5.95. The number of piperidine rings is 1. The van der Waals surface area contributed by atoms with Gasteiger partial charge in [0.15, 0.2) is 0 Å². The smallest absolute Gasteiger partial charge is 0.471 e. The number of hydrogen-bond donors (Lipinski definition) is 1. The number of rotatable bonds is 1. The molecule has 0 aromatic rings. The number of carbonyl (C=O) groups excluding carboxylic acids is 1. The van der Waals surface area contributed by atoms with Crippen molar-refractivity contribution in [3.63, 3.8) is 0 Å². The maximum Gasteiger partial charge on any atom is 0.471 e. The average Bonchev–Trinajstić information content (AvgIpc) is 2.78. The van der Waals surface area contributed by atoms with Gasteiger partial charge < -0.3 is 10.0 Å². The first-order chi connectivity index (χ1) is 8.08. The van der Waals surface area contributed by atoms with Crippen LogP contribution >= 0.6 is 0 Å². The first-order valence-electron chi connectivity index (χ1n) is 5.08. The molecule has 0 bridgehead atoms. The highest BCUT2D eigenvalue weighted by Gasteiger charge is 2.75. The number of carbonyl (C=O) groups is 2. The average molecular weight is 273 g/mol. The minimum atomic E-state index is -5.35. The summed E-state index contributed by atoms with van der Waals surface area (Å²) in [6, 6.07) is -3.78. The second-order valence-corrected chi connectivity index (χ2v) is 4.37. The van der Waals surface area contributed by atoms with Crippen LogP contribution in [0.3, 0.4) is 0 Å². The maximum absolute atomic E-state index is 13.2. The van der Waals surface area contributed by atoms with Crippen LogP contribution in [-0.4, -0.2) is 46.1 Å². The van der Waals surface area contributed by atoms with Gasteiger partial charge in [0.1, 0.15) is 12.1 Å². The molecule has 1 aliphatic carbocycles. The third-order valence-corrected chi connectivity index (χ3v) is 3.31. The van der Waals surface area contributed by atoms with Crippen LogP contribution in [0.4, 0.5) is 22.0 Å². The van der Waals surface area contributed by atoms with Crippen molar-refractivity contribution in [2.75, 3.05) is 0 Å². The number of carboxylic acids is 1. The van der Waals surface area contributed by atoms with Gasteiger partial charge in [0.2, 0.25) is 0 Å². The van der Waals surface area contributed by atoms with E-state index in [1.165, 1.54) is 0 Å². The molecule has 1 saturated carbocycles. The Morgan fingerprint density at radius 1 is 1.22 bits per heavy atom. The number of alkyl halides is 5. The first-order valence-corrected chi connectivity index (χ1v) is 5.08. The number of nitrogens with zero attached hydrogens (tertiary/aromatic N) is 1. The van der Waals surface area contributed by atoms with Gasteiger partial charge in [-0.05, 0) is 12.8 Å². The largest absolute Gasteiger partial charge is 0.480 e. The van der Waals surface area contributed by atoms with Crippen LogP contribution in [0.25, 0.3) is 0 Å². The molecule has 1 aliphatic heterocycles. The summed E-state index contributed by atoms with van der Waals surface area (Å²) in [7, 11) is 0. The Morgan fingerprint density at radius 2 is 1.78 bits per heavy atom. The third-order valence-electron chi connectivity index (χ3n) is 3.31. The highest BCUT2D eigenvalue weighted by atomic mass is 19.4. The van der Waals surface area contributed by atoms with E-state index in [1.54, 1.807) is 0 Å². The molecule has 2 fully saturated rings. The fourth-order valence-electron chi connectivity index (χ4n) is 2.43. The normalized spacial score (nSPS) is 33.8. The molecule has 9 heteroatoms. The maximum atomic E-state index is 13.2. The lowest BCUT2D eigenvalue weighted by molar-refractivity contribution is -0.193. The quantitative estimate of drug-likeness (QED) is 0.732. The number of halogens is 5. The van der Waals surface area contributed by atoms with Crippen LogP contribution in [0.5, 0.6) is 0 Å². The van der Waals surface area contributed by atoms with Crippen LogP contribution < -0.4 is 0 Å². The van der Waals surface area contributed by atoms with Crippen molar-refractivity contribution in [3.05, 3.63) is 0 Å². The summed E-state index contributed by atoms with van der Waals surface area (Å²) < 4.78 is 63.2. The van der Waals surface area contributed by atoms with E-state index < -0.39 is 48.4 Å². The fourth-order valence-corrected chi connectivity index (χ4v) is 2.43. The number of hydrogen-bond acceptors (Lipinski definition) is 2. The van der Waals surface area contributed by atoms with Crippen molar-refractivity contribution < 1.29 is 36.6 Å². The third kappa shape index (κ3) is 1.72. The number of carboxylic acid groups (broad SMARTS) is 1. The van der Waals surface area contributed by atoms with Gasteiger partial charge in [-0.3, -0.25) is 4.79 Å². The summed E-state index contributed by atoms with van der Waals surface area (Å²) in [5, 5.41) is 8.72. The summed E-state index contributed by atoms with van der Waals surface area (Å²) in [5.74, 6) is -9.00. The van der Waals surface area contributed by atoms with Crippen molar-refractivity contribution >= 4 is 11.9 Å². The lowest BCUT2D eigenvalue weighted by atomic mass is 10.0.